The number of aryl methyl sites for hydroxylation is 2. The van der Waals surface area contributed by atoms with Gasteiger partial charge in [0, 0.05) is 13.7 Å². The second-order valence-electron chi connectivity index (χ2n) is 4.54. The molecule has 0 aliphatic heterocycles. The van der Waals surface area contributed by atoms with E-state index < -0.39 is 16.1 Å². The molecule has 0 spiro atoms. The van der Waals surface area contributed by atoms with E-state index in [4.69, 9.17) is 4.74 Å². The van der Waals surface area contributed by atoms with E-state index in [1.54, 1.807) is 18.2 Å². The second kappa shape index (κ2) is 7.00. The third kappa shape index (κ3) is 4.91. The van der Waals surface area contributed by atoms with Crippen molar-refractivity contribution >= 4 is 10.0 Å². The van der Waals surface area contributed by atoms with Gasteiger partial charge in [-0.25, -0.2) is 13.1 Å². The lowest BCUT2D eigenvalue weighted by molar-refractivity contribution is 0.0603. The molecule has 1 aromatic rings. The molecule has 0 fully saturated rings. The number of sulfonamides is 1. The highest BCUT2D eigenvalue weighted by atomic mass is 32.2. The van der Waals surface area contributed by atoms with E-state index in [0.717, 1.165) is 11.1 Å². The lowest BCUT2D eigenvalue weighted by Gasteiger charge is -2.11. The Bertz CT molecular complexity index is 513. The van der Waals surface area contributed by atoms with Gasteiger partial charge in [0.15, 0.2) is 0 Å². The van der Waals surface area contributed by atoms with E-state index in [9.17, 15) is 13.5 Å². The number of hydrogen-bond acceptors (Lipinski definition) is 4. The van der Waals surface area contributed by atoms with E-state index in [-0.39, 0.29) is 18.0 Å². The van der Waals surface area contributed by atoms with E-state index in [0.29, 0.717) is 6.42 Å². The molecule has 0 saturated carbocycles. The fourth-order valence-electron chi connectivity index (χ4n) is 1.60. The maximum atomic E-state index is 12.0. The van der Waals surface area contributed by atoms with Gasteiger partial charge >= 0.3 is 0 Å². The lowest BCUT2D eigenvalue weighted by atomic mass is 10.1. The SMILES string of the molecule is COCC(O)CCNS(=O)(=O)c1ccc(C)c(C)c1. The molecule has 0 aromatic heterocycles. The van der Waals surface area contributed by atoms with Crippen LogP contribution >= 0.6 is 0 Å². The van der Waals surface area contributed by atoms with Gasteiger partial charge < -0.3 is 9.84 Å². The predicted molar refractivity (Wildman–Crippen MR) is 73.6 cm³/mol. The standard InChI is InChI=1S/C13H21NO4S/c1-10-4-5-13(8-11(10)2)19(16,17)14-7-6-12(15)9-18-3/h4-5,8,12,14-15H,6-7,9H2,1-3H3. The Kier molecular flexibility index (Phi) is 5.93. The third-order valence-corrected chi connectivity index (χ3v) is 4.38. The number of aliphatic hydroxyl groups is 1. The molecule has 1 atom stereocenters. The first kappa shape index (κ1) is 16.1. The third-order valence-electron chi connectivity index (χ3n) is 2.92. The highest BCUT2D eigenvalue weighted by molar-refractivity contribution is 7.89. The van der Waals surface area contributed by atoms with Gasteiger partial charge in [0.1, 0.15) is 0 Å². The number of rotatable bonds is 7. The number of nitrogens with one attached hydrogen (secondary N) is 1. The van der Waals surface area contributed by atoms with Gasteiger partial charge in [-0.15, -0.1) is 0 Å². The molecule has 0 amide bonds. The summed E-state index contributed by atoms with van der Waals surface area (Å²) in [6, 6.07) is 5.00. The molecule has 5 nitrogen and oxygen atoms in total. The van der Waals surface area contributed by atoms with Crippen LogP contribution in [0.25, 0.3) is 0 Å². The summed E-state index contributed by atoms with van der Waals surface area (Å²) in [6.07, 6.45) is -0.342. The topological polar surface area (TPSA) is 75.6 Å². The van der Waals surface area contributed by atoms with Gasteiger partial charge in [-0.05, 0) is 43.5 Å². The zero-order chi connectivity index (χ0) is 14.5. The van der Waals surface area contributed by atoms with Crippen molar-refractivity contribution in [3.05, 3.63) is 29.3 Å². The quantitative estimate of drug-likeness (QED) is 0.784. The molecule has 0 aliphatic carbocycles. The summed E-state index contributed by atoms with van der Waals surface area (Å²) in [6.45, 7) is 4.18. The van der Waals surface area contributed by atoms with Crippen LogP contribution in [0.4, 0.5) is 0 Å². The average Bonchev–Trinajstić information content (AvgIpc) is 2.32. The molecule has 2 N–H and O–H groups in total. The zero-order valence-corrected chi connectivity index (χ0v) is 12.3. The van der Waals surface area contributed by atoms with E-state index in [2.05, 4.69) is 4.72 Å². The summed E-state index contributed by atoms with van der Waals surface area (Å²) in [7, 11) is -2.02. The minimum atomic E-state index is -3.51. The van der Waals surface area contributed by atoms with Crippen LogP contribution in [-0.4, -0.2) is 39.9 Å². The van der Waals surface area contributed by atoms with Gasteiger partial charge in [0.2, 0.25) is 10.0 Å². The van der Waals surface area contributed by atoms with Gasteiger partial charge in [-0.1, -0.05) is 6.07 Å². The minimum Gasteiger partial charge on any atom is -0.391 e. The van der Waals surface area contributed by atoms with Crippen molar-refractivity contribution in [2.45, 2.75) is 31.3 Å². The van der Waals surface area contributed by atoms with Crippen molar-refractivity contribution in [1.82, 2.24) is 4.72 Å². The summed E-state index contributed by atoms with van der Waals surface area (Å²) in [5.41, 5.74) is 1.98. The normalized spacial score (nSPS) is 13.5. The van der Waals surface area contributed by atoms with Crippen molar-refractivity contribution in [2.75, 3.05) is 20.3 Å². The molecule has 1 unspecified atom stereocenters. The highest BCUT2D eigenvalue weighted by Gasteiger charge is 2.14. The molecule has 0 radical (unpaired) electrons. The summed E-state index contributed by atoms with van der Waals surface area (Å²) in [5, 5.41) is 9.44. The fourth-order valence-corrected chi connectivity index (χ4v) is 2.73. The Labute approximate surface area is 114 Å². The molecule has 1 aromatic carbocycles. The minimum absolute atomic E-state index is 0.180. The first-order chi connectivity index (χ1) is 8.86. The summed E-state index contributed by atoms with van der Waals surface area (Å²) >= 11 is 0. The molecule has 1 rings (SSSR count). The molecule has 19 heavy (non-hydrogen) atoms. The van der Waals surface area contributed by atoms with Gasteiger partial charge in [0.25, 0.3) is 0 Å². The lowest BCUT2D eigenvalue weighted by Crippen LogP contribution is -2.28. The maximum Gasteiger partial charge on any atom is 0.240 e. The van der Waals surface area contributed by atoms with Crippen LogP contribution in [0.1, 0.15) is 17.5 Å². The Morgan fingerprint density at radius 3 is 2.58 bits per heavy atom. The first-order valence-corrected chi connectivity index (χ1v) is 7.59. The van der Waals surface area contributed by atoms with Crippen LogP contribution in [0, 0.1) is 13.8 Å². The van der Waals surface area contributed by atoms with Crippen LogP contribution in [-0.2, 0) is 14.8 Å². The van der Waals surface area contributed by atoms with Crippen LogP contribution < -0.4 is 4.72 Å². The van der Waals surface area contributed by atoms with E-state index in [1.165, 1.54) is 7.11 Å². The molecule has 0 saturated heterocycles. The van der Waals surface area contributed by atoms with Gasteiger partial charge in [-0.3, -0.25) is 0 Å². The maximum absolute atomic E-state index is 12.0. The number of methoxy groups -OCH3 is 1. The molecular formula is C13H21NO4S. The van der Waals surface area contributed by atoms with Crippen LogP contribution in [0.2, 0.25) is 0 Å². The average molecular weight is 287 g/mol. The van der Waals surface area contributed by atoms with Crippen molar-refractivity contribution < 1.29 is 18.3 Å². The van der Waals surface area contributed by atoms with Gasteiger partial charge in [-0.2, -0.15) is 0 Å². The van der Waals surface area contributed by atoms with Crippen LogP contribution in [0.3, 0.4) is 0 Å². The molecule has 0 bridgehead atoms. The Morgan fingerprint density at radius 1 is 1.32 bits per heavy atom. The monoisotopic (exact) mass is 287 g/mol. The second-order valence-corrected chi connectivity index (χ2v) is 6.31. The number of hydrogen-bond donors (Lipinski definition) is 2. The van der Waals surface area contributed by atoms with Crippen molar-refractivity contribution in [3.63, 3.8) is 0 Å². The van der Waals surface area contributed by atoms with Crippen molar-refractivity contribution in [1.29, 1.82) is 0 Å². The van der Waals surface area contributed by atoms with E-state index in [1.807, 2.05) is 13.8 Å². The van der Waals surface area contributed by atoms with Gasteiger partial charge in [0.05, 0.1) is 17.6 Å². The largest absolute Gasteiger partial charge is 0.391 e. The van der Waals surface area contributed by atoms with Crippen LogP contribution in [0.5, 0.6) is 0 Å². The molecule has 108 valence electrons. The Balaban J connectivity index is 2.63. The smallest absolute Gasteiger partial charge is 0.240 e. The predicted octanol–water partition coefficient (Wildman–Crippen LogP) is 0.979. The molecular weight excluding hydrogens is 266 g/mol. The first-order valence-electron chi connectivity index (χ1n) is 6.10. The fraction of sp³-hybridized carbons (Fsp3) is 0.538. The molecule has 6 heteroatoms. The summed E-state index contributed by atoms with van der Waals surface area (Å²) in [4.78, 5) is 0.247. The number of aliphatic hydroxyl groups excluding tert-OH is 1. The van der Waals surface area contributed by atoms with Crippen LogP contribution in [0.15, 0.2) is 23.1 Å². The number of benzene rings is 1. The highest BCUT2D eigenvalue weighted by Crippen LogP contribution is 2.14. The van der Waals surface area contributed by atoms with Crippen molar-refractivity contribution in [2.24, 2.45) is 0 Å². The number of ether oxygens (including phenoxy) is 1. The summed E-state index contributed by atoms with van der Waals surface area (Å²) < 4.78 is 31.3. The molecule has 0 aliphatic rings. The summed E-state index contributed by atoms with van der Waals surface area (Å²) in [5.74, 6) is 0. The zero-order valence-electron chi connectivity index (χ0n) is 11.5. The van der Waals surface area contributed by atoms with E-state index >= 15 is 0 Å². The Morgan fingerprint density at radius 2 is 2.00 bits per heavy atom. The molecule has 0 heterocycles. The Hall–Kier alpha value is -0.950. The van der Waals surface area contributed by atoms with Crippen molar-refractivity contribution in [3.8, 4) is 0 Å².